The number of hydrogen-bond donors (Lipinski definition) is 2. The van der Waals surface area contributed by atoms with Gasteiger partial charge in [0.1, 0.15) is 0 Å². The Morgan fingerprint density at radius 1 is 1.44 bits per heavy atom. The van der Waals surface area contributed by atoms with Crippen LogP contribution >= 0.6 is 0 Å². The number of nitrogens with zero attached hydrogens (tertiary/aromatic N) is 2. The van der Waals surface area contributed by atoms with E-state index in [1.165, 1.54) is 4.90 Å². The van der Waals surface area contributed by atoms with E-state index >= 15 is 0 Å². The third kappa shape index (κ3) is 2.16. The molecule has 2 heterocycles. The van der Waals surface area contributed by atoms with Crippen molar-refractivity contribution in [3.8, 4) is 0 Å². The molecule has 0 aromatic heterocycles. The summed E-state index contributed by atoms with van der Waals surface area (Å²) in [5.74, 6) is -1.23. The SMILES string of the molecule is CC(O)CN(C)C(=O)N1C2CCC1C(C(=O)O)C2. The lowest BCUT2D eigenvalue weighted by Crippen LogP contribution is -2.46. The number of carboxylic acid groups (broad SMARTS) is 1. The average Bonchev–Trinajstić information content (AvgIpc) is 2.83. The summed E-state index contributed by atoms with van der Waals surface area (Å²) in [5.41, 5.74) is 0. The molecule has 0 aliphatic carbocycles. The van der Waals surface area contributed by atoms with Crippen molar-refractivity contribution in [2.24, 2.45) is 5.92 Å². The molecule has 2 amide bonds. The molecule has 2 saturated heterocycles. The zero-order valence-corrected chi connectivity index (χ0v) is 10.7. The first kappa shape index (κ1) is 13.1. The molecule has 2 aliphatic rings. The molecule has 2 bridgehead atoms. The van der Waals surface area contributed by atoms with Crippen LogP contribution in [0.4, 0.5) is 4.79 Å². The van der Waals surface area contributed by atoms with E-state index in [0.717, 1.165) is 12.8 Å². The minimum Gasteiger partial charge on any atom is -0.481 e. The number of aliphatic carboxylic acids is 1. The highest BCUT2D eigenvalue weighted by atomic mass is 16.4. The second-order valence-electron chi connectivity index (χ2n) is 5.40. The Labute approximate surface area is 106 Å². The molecule has 6 nitrogen and oxygen atoms in total. The molecule has 102 valence electrons. The molecular formula is C12H20N2O4. The number of carboxylic acids is 1. The Hall–Kier alpha value is -1.30. The van der Waals surface area contributed by atoms with Crippen LogP contribution in [0, 0.1) is 5.92 Å². The number of carbonyl (C=O) groups excluding carboxylic acids is 1. The normalized spacial score (nSPS) is 31.5. The zero-order valence-electron chi connectivity index (χ0n) is 10.7. The van der Waals surface area contributed by atoms with Gasteiger partial charge < -0.3 is 20.0 Å². The minimum atomic E-state index is -0.807. The topological polar surface area (TPSA) is 81.1 Å². The summed E-state index contributed by atoms with van der Waals surface area (Å²) in [5, 5.41) is 18.4. The molecule has 0 aromatic rings. The van der Waals surface area contributed by atoms with Gasteiger partial charge in [-0.1, -0.05) is 0 Å². The predicted octanol–water partition coefficient (Wildman–Crippen LogP) is 0.356. The maximum absolute atomic E-state index is 12.3. The third-order valence-electron chi connectivity index (χ3n) is 3.94. The fourth-order valence-electron chi connectivity index (χ4n) is 3.22. The molecule has 0 saturated carbocycles. The van der Waals surface area contributed by atoms with Crippen molar-refractivity contribution in [2.75, 3.05) is 13.6 Å². The van der Waals surface area contributed by atoms with Gasteiger partial charge in [0.05, 0.1) is 12.0 Å². The first-order valence-electron chi connectivity index (χ1n) is 6.36. The number of aliphatic hydroxyl groups excluding tert-OH is 1. The van der Waals surface area contributed by atoms with Gasteiger partial charge >= 0.3 is 12.0 Å². The van der Waals surface area contributed by atoms with Crippen LogP contribution in [0.25, 0.3) is 0 Å². The Balaban J connectivity index is 2.06. The lowest BCUT2D eigenvalue weighted by Gasteiger charge is -2.29. The van der Waals surface area contributed by atoms with E-state index in [1.807, 2.05) is 0 Å². The average molecular weight is 256 g/mol. The van der Waals surface area contributed by atoms with Crippen LogP contribution in [0.1, 0.15) is 26.2 Å². The Bertz CT molecular complexity index is 358. The maximum Gasteiger partial charge on any atom is 0.320 e. The maximum atomic E-state index is 12.3. The predicted molar refractivity (Wildman–Crippen MR) is 64.1 cm³/mol. The van der Waals surface area contributed by atoms with E-state index in [1.54, 1.807) is 18.9 Å². The molecule has 2 fully saturated rings. The lowest BCUT2D eigenvalue weighted by molar-refractivity contribution is -0.142. The first-order chi connectivity index (χ1) is 8.41. The third-order valence-corrected chi connectivity index (χ3v) is 3.94. The standard InChI is InChI=1S/C12H20N2O4/c1-7(15)6-13(2)12(18)14-8-3-4-10(14)9(5-8)11(16)17/h7-10,15H,3-6H2,1-2H3,(H,16,17). The van der Waals surface area contributed by atoms with E-state index in [0.29, 0.717) is 6.42 Å². The molecule has 18 heavy (non-hydrogen) atoms. The fourth-order valence-corrected chi connectivity index (χ4v) is 3.22. The highest BCUT2D eigenvalue weighted by molar-refractivity contribution is 5.79. The molecule has 4 unspecified atom stereocenters. The summed E-state index contributed by atoms with van der Waals surface area (Å²) in [6.45, 7) is 1.90. The number of aliphatic hydroxyl groups is 1. The van der Waals surface area contributed by atoms with Gasteiger partial charge in [-0.2, -0.15) is 0 Å². The van der Waals surface area contributed by atoms with Crippen LogP contribution in [0.5, 0.6) is 0 Å². The van der Waals surface area contributed by atoms with Crippen LogP contribution in [0.2, 0.25) is 0 Å². The lowest BCUT2D eigenvalue weighted by atomic mass is 9.89. The molecule has 2 rings (SSSR count). The van der Waals surface area contributed by atoms with Gasteiger partial charge in [0.2, 0.25) is 0 Å². The minimum absolute atomic E-state index is 0.0556. The highest BCUT2D eigenvalue weighted by Gasteiger charge is 2.51. The second kappa shape index (κ2) is 4.76. The van der Waals surface area contributed by atoms with E-state index in [9.17, 15) is 14.7 Å². The van der Waals surface area contributed by atoms with Gasteiger partial charge in [0.15, 0.2) is 0 Å². The van der Waals surface area contributed by atoms with Gasteiger partial charge in [-0.05, 0) is 26.2 Å². The number of carbonyl (C=O) groups is 2. The molecule has 0 aromatic carbocycles. The van der Waals surface area contributed by atoms with E-state index < -0.39 is 18.0 Å². The van der Waals surface area contributed by atoms with Crippen molar-refractivity contribution in [1.82, 2.24) is 9.80 Å². The monoisotopic (exact) mass is 256 g/mol. The van der Waals surface area contributed by atoms with Crippen LogP contribution in [-0.4, -0.2) is 63.8 Å². The van der Waals surface area contributed by atoms with Gasteiger partial charge in [-0.15, -0.1) is 0 Å². The number of hydrogen-bond acceptors (Lipinski definition) is 3. The van der Waals surface area contributed by atoms with Gasteiger partial charge in [-0.3, -0.25) is 4.79 Å². The quantitative estimate of drug-likeness (QED) is 0.763. The van der Waals surface area contributed by atoms with Crippen molar-refractivity contribution >= 4 is 12.0 Å². The van der Waals surface area contributed by atoms with Gasteiger partial charge in [0, 0.05) is 25.7 Å². The number of amides is 2. The smallest absolute Gasteiger partial charge is 0.320 e. The van der Waals surface area contributed by atoms with Crippen LogP contribution < -0.4 is 0 Å². The Kier molecular flexibility index (Phi) is 3.47. The summed E-state index contributed by atoms with van der Waals surface area (Å²) in [4.78, 5) is 26.6. The molecule has 0 spiro atoms. The van der Waals surface area contributed by atoms with Crippen LogP contribution in [0.15, 0.2) is 0 Å². The van der Waals surface area contributed by atoms with E-state index in [4.69, 9.17) is 5.11 Å². The number of fused-ring (bicyclic) bond motifs is 2. The van der Waals surface area contributed by atoms with Crippen molar-refractivity contribution < 1.29 is 19.8 Å². The Morgan fingerprint density at radius 3 is 2.61 bits per heavy atom. The van der Waals surface area contributed by atoms with Crippen LogP contribution in [0.3, 0.4) is 0 Å². The van der Waals surface area contributed by atoms with Crippen molar-refractivity contribution in [1.29, 1.82) is 0 Å². The van der Waals surface area contributed by atoms with Gasteiger partial charge in [-0.25, -0.2) is 4.79 Å². The largest absolute Gasteiger partial charge is 0.481 e. The second-order valence-corrected chi connectivity index (χ2v) is 5.40. The number of urea groups is 1. The van der Waals surface area contributed by atoms with Crippen molar-refractivity contribution in [3.63, 3.8) is 0 Å². The molecule has 0 radical (unpaired) electrons. The van der Waals surface area contributed by atoms with Crippen LogP contribution in [-0.2, 0) is 4.79 Å². The zero-order chi connectivity index (χ0) is 13.4. The molecule has 4 atom stereocenters. The number of rotatable bonds is 3. The number of likely N-dealkylation sites (N-methyl/N-ethyl adjacent to an activating group) is 1. The summed E-state index contributed by atoms with van der Waals surface area (Å²) >= 11 is 0. The molecule has 2 N–H and O–H groups in total. The Morgan fingerprint density at radius 2 is 2.11 bits per heavy atom. The highest BCUT2D eigenvalue weighted by Crippen LogP contribution is 2.42. The summed E-state index contributed by atoms with van der Waals surface area (Å²) < 4.78 is 0. The molecule has 6 heteroatoms. The van der Waals surface area contributed by atoms with Crippen molar-refractivity contribution in [2.45, 2.75) is 44.4 Å². The summed E-state index contributed by atoms with van der Waals surface area (Å²) in [7, 11) is 1.64. The van der Waals surface area contributed by atoms with Gasteiger partial charge in [0.25, 0.3) is 0 Å². The first-order valence-corrected chi connectivity index (χ1v) is 6.36. The molecular weight excluding hydrogens is 236 g/mol. The fraction of sp³-hybridized carbons (Fsp3) is 0.833. The van der Waals surface area contributed by atoms with E-state index in [2.05, 4.69) is 0 Å². The molecule has 2 aliphatic heterocycles. The summed E-state index contributed by atoms with van der Waals surface area (Å²) in [6.07, 6.45) is 1.65. The van der Waals surface area contributed by atoms with Crippen molar-refractivity contribution in [3.05, 3.63) is 0 Å². The summed E-state index contributed by atoms with van der Waals surface area (Å²) in [6, 6.07) is -0.274. The van der Waals surface area contributed by atoms with E-state index in [-0.39, 0.29) is 24.7 Å².